The minimum atomic E-state index is -1.35. The summed E-state index contributed by atoms with van der Waals surface area (Å²) < 4.78 is 22.3. The second-order valence-corrected chi connectivity index (χ2v) is 9.29. The molecule has 5 rings (SSSR count). The predicted octanol–water partition coefficient (Wildman–Crippen LogP) is 4.30. The molecular weight excluding hydrogens is 487 g/mol. The normalized spacial score (nSPS) is 16.1. The summed E-state index contributed by atoms with van der Waals surface area (Å²) in [6.07, 6.45) is 2.60. The Kier molecular flexibility index (Phi) is 5.96. The monoisotopic (exact) mass is 510 g/mol. The van der Waals surface area contributed by atoms with Crippen molar-refractivity contribution in [2.75, 3.05) is 36.5 Å². The van der Waals surface area contributed by atoms with Crippen LogP contribution in [0.5, 0.6) is 5.75 Å². The van der Waals surface area contributed by atoms with Crippen molar-refractivity contribution in [2.24, 2.45) is 7.05 Å². The van der Waals surface area contributed by atoms with Crippen LogP contribution < -0.4 is 20.0 Å². The number of pyridine rings is 2. The van der Waals surface area contributed by atoms with Crippen LogP contribution in [0.3, 0.4) is 0 Å². The lowest BCUT2D eigenvalue weighted by Crippen LogP contribution is -2.52. The molecule has 10 heteroatoms. The molecule has 1 saturated heterocycles. The molecule has 4 aromatic rings. The van der Waals surface area contributed by atoms with Gasteiger partial charge in [-0.1, -0.05) is 17.7 Å². The van der Waals surface area contributed by atoms with Crippen LogP contribution in [0.2, 0.25) is 5.02 Å². The Morgan fingerprint density at radius 2 is 2.06 bits per heavy atom. The molecule has 2 aromatic heterocycles. The number of aromatic carboxylic acids is 1. The van der Waals surface area contributed by atoms with Gasteiger partial charge < -0.3 is 24.2 Å². The van der Waals surface area contributed by atoms with Gasteiger partial charge in [0, 0.05) is 56.1 Å². The van der Waals surface area contributed by atoms with Crippen LogP contribution in [0, 0.1) is 5.82 Å². The average molecular weight is 511 g/mol. The number of methoxy groups -OCH3 is 1. The van der Waals surface area contributed by atoms with Crippen molar-refractivity contribution in [1.82, 2.24) is 9.55 Å². The van der Waals surface area contributed by atoms with Crippen molar-refractivity contribution in [3.63, 3.8) is 0 Å². The van der Waals surface area contributed by atoms with Crippen molar-refractivity contribution in [2.45, 2.75) is 13.0 Å². The highest BCUT2D eigenvalue weighted by Crippen LogP contribution is 2.37. The Morgan fingerprint density at radius 1 is 1.28 bits per heavy atom. The van der Waals surface area contributed by atoms with Crippen LogP contribution in [0.4, 0.5) is 15.8 Å². The summed E-state index contributed by atoms with van der Waals surface area (Å²) >= 11 is 6.49. The third-order valence-corrected chi connectivity index (χ3v) is 7.12. The maximum absolute atomic E-state index is 15.5. The van der Waals surface area contributed by atoms with Gasteiger partial charge in [-0.2, -0.15) is 0 Å². The molecule has 3 heterocycles. The molecule has 0 aliphatic carbocycles. The number of rotatable bonds is 4. The topological polar surface area (TPSA) is 87.9 Å². The predicted molar refractivity (Wildman–Crippen MR) is 138 cm³/mol. The summed E-state index contributed by atoms with van der Waals surface area (Å²) in [6.45, 7) is 3.84. The lowest BCUT2D eigenvalue weighted by molar-refractivity contribution is 0.0695. The Morgan fingerprint density at radius 3 is 2.75 bits per heavy atom. The third-order valence-electron chi connectivity index (χ3n) is 6.76. The standard InChI is InChI=1S/C26H24ClFN4O4/c1-14-12-31(7-8-32(14)15-5-4-6-16(9-15)36-3)19-10-17-21-20(11-29-24(17)23(28)22(19)27)30(2)13-18(25(21)33)26(34)35/h4-6,9-11,13-14H,7-8,12H2,1-3H3,(H,34,35). The van der Waals surface area contributed by atoms with E-state index in [2.05, 4.69) is 16.8 Å². The number of aryl methyl sites for hydroxylation is 1. The van der Waals surface area contributed by atoms with Crippen LogP contribution >= 0.6 is 11.6 Å². The molecule has 2 aromatic carbocycles. The van der Waals surface area contributed by atoms with Gasteiger partial charge in [0.2, 0.25) is 5.43 Å². The van der Waals surface area contributed by atoms with Crippen molar-refractivity contribution in [1.29, 1.82) is 0 Å². The summed E-state index contributed by atoms with van der Waals surface area (Å²) in [5.74, 6) is -1.32. The van der Waals surface area contributed by atoms with Crippen molar-refractivity contribution < 1.29 is 19.0 Å². The van der Waals surface area contributed by atoms with Crippen LogP contribution in [-0.4, -0.2) is 53.4 Å². The van der Waals surface area contributed by atoms with Crippen LogP contribution in [-0.2, 0) is 7.05 Å². The smallest absolute Gasteiger partial charge is 0.341 e. The van der Waals surface area contributed by atoms with E-state index in [4.69, 9.17) is 16.3 Å². The molecule has 1 fully saturated rings. The average Bonchev–Trinajstić information content (AvgIpc) is 2.87. The molecule has 0 amide bonds. The quantitative estimate of drug-likeness (QED) is 0.409. The zero-order valence-corrected chi connectivity index (χ0v) is 20.7. The minimum Gasteiger partial charge on any atom is -0.497 e. The van der Waals surface area contributed by atoms with E-state index in [1.54, 1.807) is 20.2 Å². The number of carboxylic acids is 1. The number of carbonyl (C=O) groups is 1. The molecule has 1 aliphatic heterocycles. The van der Waals surface area contributed by atoms with Crippen molar-refractivity contribution >= 4 is 50.8 Å². The van der Waals surface area contributed by atoms with E-state index in [-0.39, 0.29) is 27.4 Å². The number of anilines is 2. The summed E-state index contributed by atoms with van der Waals surface area (Å²) in [5.41, 5.74) is 0.718. The van der Waals surface area contributed by atoms with Crippen molar-refractivity contribution in [3.05, 3.63) is 69.4 Å². The van der Waals surface area contributed by atoms with Gasteiger partial charge in [0.25, 0.3) is 0 Å². The fourth-order valence-corrected chi connectivity index (χ4v) is 5.21. The molecule has 0 radical (unpaired) electrons. The van der Waals surface area contributed by atoms with E-state index in [0.29, 0.717) is 30.8 Å². The number of carboxylic acid groups (broad SMARTS) is 1. The first-order valence-electron chi connectivity index (χ1n) is 11.4. The summed E-state index contributed by atoms with van der Waals surface area (Å²) in [6, 6.07) is 9.54. The number of aromatic nitrogens is 2. The fourth-order valence-electron chi connectivity index (χ4n) is 4.94. The second kappa shape index (κ2) is 8.98. The highest BCUT2D eigenvalue weighted by molar-refractivity contribution is 6.34. The Bertz CT molecular complexity index is 1590. The van der Waals surface area contributed by atoms with Crippen LogP contribution in [0.15, 0.2) is 47.5 Å². The number of fused-ring (bicyclic) bond motifs is 3. The highest BCUT2D eigenvalue weighted by atomic mass is 35.5. The minimum absolute atomic E-state index is 0.0674. The fraction of sp³-hybridized carbons (Fsp3) is 0.269. The molecule has 0 saturated carbocycles. The Hall–Kier alpha value is -3.85. The Balaban J connectivity index is 1.61. The number of hydrogen-bond donors (Lipinski definition) is 1. The third kappa shape index (κ3) is 3.80. The SMILES string of the molecule is COc1cccc(N2CCN(c3cc4c(ncc5c4c(=O)c(C(=O)O)cn5C)c(F)c3Cl)CC2C)c1. The van der Waals surface area contributed by atoms with Gasteiger partial charge in [0.05, 0.1) is 29.9 Å². The maximum Gasteiger partial charge on any atom is 0.341 e. The zero-order chi connectivity index (χ0) is 25.7. The second-order valence-electron chi connectivity index (χ2n) is 8.92. The summed E-state index contributed by atoms with van der Waals surface area (Å²) in [4.78, 5) is 33.2. The number of hydrogen-bond acceptors (Lipinski definition) is 6. The number of ether oxygens (including phenoxy) is 1. The molecule has 186 valence electrons. The molecule has 1 unspecified atom stereocenters. The van der Waals surface area contributed by atoms with Gasteiger partial charge in [-0.3, -0.25) is 9.78 Å². The van der Waals surface area contributed by atoms with E-state index in [1.165, 1.54) is 17.0 Å². The number of halogens is 2. The molecule has 36 heavy (non-hydrogen) atoms. The molecule has 0 bridgehead atoms. The molecule has 0 spiro atoms. The van der Waals surface area contributed by atoms with Gasteiger partial charge in [0.15, 0.2) is 5.82 Å². The van der Waals surface area contributed by atoms with Crippen molar-refractivity contribution in [3.8, 4) is 5.75 Å². The van der Waals surface area contributed by atoms with E-state index in [0.717, 1.165) is 11.4 Å². The van der Waals surface area contributed by atoms with E-state index >= 15 is 4.39 Å². The van der Waals surface area contributed by atoms with E-state index in [1.807, 2.05) is 29.2 Å². The number of nitrogens with zero attached hydrogens (tertiary/aromatic N) is 4. The van der Waals surface area contributed by atoms with Gasteiger partial charge in [-0.15, -0.1) is 0 Å². The van der Waals surface area contributed by atoms with Gasteiger partial charge in [0.1, 0.15) is 21.9 Å². The molecule has 1 aliphatic rings. The number of piperazine rings is 1. The van der Waals surface area contributed by atoms with E-state index in [9.17, 15) is 14.7 Å². The largest absolute Gasteiger partial charge is 0.497 e. The lowest BCUT2D eigenvalue weighted by Gasteiger charge is -2.42. The van der Waals surface area contributed by atoms with E-state index < -0.39 is 22.8 Å². The Labute approximate surface area is 211 Å². The summed E-state index contributed by atoms with van der Waals surface area (Å²) in [5, 5.41) is 9.77. The zero-order valence-electron chi connectivity index (χ0n) is 20.0. The first kappa shape index (κ1) is 23.9. The first-order valence-corrected chi connectivity index (χ1v) is 11.8. The molecule has 1 N–H and O–H groups in total. The maximum atomic E-state index is 15.5. The molecular formula is C26H24ClFN4O4. The van der Waals surface area contributed by atoms with Gasteiger partial charge in [-0.25, -0.2) is 9.18 Å². The summed E-state index contributed by atoms with van der Waals surface area (Å²) in [7, 11) is 3.25. The van der Waals surface area contributed by atoms with Gasteiger partial charge in [-0.05, 0) is 25.1 Å². The first-order chi connectivity index (χ1) is 17.2. The van der Waals surface area contributed by atoms with Crippen LogP contribution in [0.1, 0.15) is 17.3 Å². The number of benzene rings is 2. The molecule has 8 nitrogen and oxygen atoms in total. The highest BCUT2D eigenvalue weighted by Gasteiger charge is 2.28. The lowest BCUT2D eigenvalue weighted by atomic mass is 10.0. The van der Waals surface area contributed by atoms with Crippen LogP contribution in [0.25, 0.3) is 21.8 Å². The molecule has 1 atom stereocenters. The van der Waals surface area contributed by atoms with Gasteiger partial charge >= 0.3 is 5.97 Å².